The predicted octanol–water partition coefficient (Wildman–Crippen LogP) is 15.7. The molecule has 0 amide bonds. The van der Waals surface area contributed by atoms with E-state index in [1.54, 1.807) is 11.1 Å². The first-order valence-corrected chi connectivity index (χ1v) is 20.6. The smallest absolute Gasteiger partial charge is 0.0215 e. The summed E-state index contributed by atoms with van der Waals surface area (Å²) in [6.07, 6.45) is 23.0. The summed E-state index contributed by atoms with van der Waals surface area (Å²) in [6, 6.07) is 28.1. The van der Waals surface area contributed by atoms with Crippen molar-refractivity contribution in [1.82, 2.24) is 0 Å². The van der Waals surface area contributed by atoms with Gasteiger partial charge in [-0.1, -0.05) is 188 Å². The highest BCUT2D eigenvalue weighted by molar-refractivity contribution is 5.81. The number of hydrogen-bond donors (Lipinski definition) is 0. The highest BCUT2D eigenvalue weighted by atomic mass is 14.4. The largest absolute Gasteiger partial charge is 0.0654 e. The molecule has 0 spiro atoms. The summed E-state index contributed by atoms with van der Waals surface area (Å²) in [5.74, 6) is 0. The molecule has 0 saturated carbocycles. The summed E-state index contributed by atoms with van der Waals surface area (Å²) < 4.78 is 0. The SMILES string of the molecule is CCCCCCCCC1(CCCCCCCC)c2cc(C)ccc2-c2ccc(C)cc21.CCCCc1ccc(-c2cc(C)c(C)c(C)c2)cc1. The van der Waals surface area contributed by atoms with E-state index in [2.05, 4.69) is 128 Å². The third-order valence-electron chi connectivity index (χ3n) is 11.6. The first-order chi connectivity index (χ1) is 24.2. The molecule has 1 aliphatic carbocycles. The Balaban J connectivity index is 0.000000252. The molecular formula is C50H70. The predicted molar refractivity (Wildman–Crippen MR) is 223 cm³/mol. The fraction of sp³-hybridized carbons (Fsp3) is 0.520. The normalized spacial score (nSPS) is 12.7. The van der Waals surface area contributed by atoms with Gasteiger partial charge in [-0.05, 0) is 116 Å². The molecule has 0 unspecified atom stereocenters. The minimum Gasteiger partial charge on any atom is -0.0654 e. The highest BCUT2D eigenvalue weighted by Crippen LogP contribution is 2.54. The lowest BCUT2D eigenvalue weighted by molar-refractivity contribution is 0.397. The highest BCUT2D eigenvalue weighted by Gasteiger charge is 2.42. The van der Waals surface area contributed by atoms with Crippen LogP contribution in [0.1, 0.15) is 168 Å². The zero-order valence-electron chi connectivity index (χ0n) is 33.4. The van der Waals surface area contributed by atoms with Crippen LogP contribution in [0.25, 0.3) is 22.3 Å². The van der Waals surface area contributed by atoms with Gasteiger partial charge in [0.15, 0.2) is 0 Å². The van der Waals surface area contributed by atoms with Gasteiger partial charge in [0.2, 0.25) is 0 Å². The average molecular weight is 671 g/mol. The first kappa shape index (κ1) is 39.7. The number of hydrogen-bond acceptors (Lipinski definition) is 0. The summed E-state index contributed by atoms with van der Waals surface area (Å²) in [4.78, 5) is 0. The molecule has 0 aliphatic heterocycles. The van der Waals surface area contributed by atoms with E-state index in [9.17, 15) is 0 Å². The molecule has 0 aromatic heterocycles. The van der Waals surface area contributed by atoms with Gasteiger partial charge in [-0.15, -0.1) is 0 Å². The van der Waals surface area contributed by atoms with Crippen molar-refractivity contribution in [1.29, 1.82) is 0 Å². The van der Waals surface area contributed by atoms with Crippen LogP contribution >= 0.6 is 0 Å². The monoisotopic (exact) mass is 671 g/mol. The van der Waals surface area contributed by atoms with E-state index in [0.29, 0.717) is 0 Å². The molecule has 0 radical (unpaired) electrons. The lowest BCUT2D eigenvalue weighted by Crippen LogP contribution is -2.25. The third kappa shape index (κ3) is 10.5. The maximum atomic E-state index is 2.53. The molecule has 0 saturated heterocycles. The van der Waals surface area contributed by atoms with Crippen LogP contribution in [0.15, 0.2) is 72.8 Å². The lowest BCUT2D eigenvalue weighted by atomic mass is 9.70. The van der Waals surface area contributed by atoms with Crippen LogP contribution in [-0.4, -0.2) is 0 Å². The van der Waals surface area contributed by atoms with Gasteiger partial charge in [-0.2, -0.15) is 0 Å². The van der Waals surface area contributed by atoms with E-state index in [0.717, 1.165) is 0 Å². The standard InChI is InChI=1S/C31H46.C19H24/c1-5-7-9-11-13-15-21-31(22-16-14-12-10-8-6-2)29-23-25(3)17-19-27(29)28-20-18-26(4)24-30(28)31;1-5-6-7-17-8-10-18(11-9-17)19-12-14(2)16(4)15(3)13-19/h17-20,23-24H,5-16,21-22H2,1-4H3;8-13H,5-7H2,1-4H3. The van der Waals surface area contributed by atoms with Crippen molar-refractivity contribution in [2.45, 2.75) is 170 Å². The van der Waals surface area contributed by atoms with Gasteiger partial charge >= 0.3 is 0 Å². The zero-order chi connectivity index (χ0) is 35.9. The molecule has 1 aliphatic rings. The van der Waals surface area contributed by atoms with E-state index >= 15 is 0 Å². The molecule has 4 aromatic rings. The van der Waals surface area contributed by atoms with Crippen molar-refractivity contribution < 1.29 is 0 Å². The molecular weight excluding hydrogens is 601 g/mol. The van der Waals surface area contributed by atoms with Crippen LogP contribution < -0.4 is 0 Å². The summed E-state index contributed by atoms with van der Waals surface area (Å²) in [7, 11) is 0. The number of aryl methyl sites for hydroxylation is 5. The molecule has 0 atom stereocenters. The van der Waals surface area contributed by atoms with Crippen LogP contribution in [0.4, 0.5) is 0 Å². The number of unbranched alkanes of at least 4 members (excludes halogenated alkanes) is 11. The summed E-state index contributed by atoms with van der Waals surface area (Å²) in [5.41, 5.74) is 17.6. The van der Waals surface area contributed by atoms with E-state index in [-0.39, 0.29) is 5.41 Å². The molecule has 5 rings (SSSR count). The molecule has 0 nitrogen and oxygen atoms in total. The van der Waals surface area contributed by atoms with Crippen molar-refractivity contribution in [3.05, 3.63) is 117 Å². The summed E-state index contributed by atoms with van der Waals surface area (Å²) in [6.45, 7) is 18.0. The molecule has 0 heterocycles. The van der Waals surface area contributed by atoms with Crippen LogP contribution in [0, 0.1) is 34.6 Å². The summed E-state index contributed by atoms with van der Waals surface area (Å²) in [5, 5.41) is 0. The zero-order valence-corrected chi connectivity index (χ0v) is 33.4. The van der Waals surface area contributed by atoms with Crippen LogP contribution in [0.2, 0.25) is 0 Å². The van der Waals surface area contributed by atoms with Gasteiger partial charge in [0.05, 0.1) is 0 Å². The Kier molecular flexibility index (Phi) is 15.9. The number of fused-ring (bicyclic) bond motifs is 3. The Morgan fingerprint density at radius 2 is 0.860 bits per heavy atom. The van der Waals surface area contributed by atoms with Gasteiger partial charge in [0, 0.05) is 5.41 Å². The van der Waals surface area contributed by atoms with E-state index in [1.807, 2.05) is 0 Å². The van der Waals surface area contributed by atoms with Crippen molar-refractivity contribution in [3.8, 4) is 22.3 Å². The molecule has 0 heteroatoms. The fourth-order valence-corrected chi connectivity index (χ4v) is 8.25. The van der Waals surface area contributed by atoms with Gasteiger partial charge in [-0.25, -0.2) is 0 Å². The number of rotatable bonds is 18. The molecule has 50 heavy (non-hydrogen) atoms. The van der Waals surface area contributed by atoms with E-state index < -0.39 is 0 Å². The Labute approximate surface area is 308 Å². The maximum absolute atomic E-state index is 2.53. The average Bonchev–Trinajstić information content (AvgIpc) is 3.37. The first-order valence-electron chi connectivity index (χ1n) is 20.6. The van der Waals surface area contributed by atoms with E-state index in [4.69, 9.17) is 0 Å². The van der Waals surface area contributed by atoms with Crippen LogP contribution in [0.5, 0.6) is 0 Å². The van der Waals surface area contributed by atoms with Gasteiger partial charge in [0.25, 0.3) is 0 Å². The van der Waals surface area contributed by atoms with Crippen LogP contribution in [-0.2, 0) is 11.8 Å². The second kappa shape index (κ2) is 20.1. The molecule has 4 aromatic carbocycles. The maximum Gasteiger partial charge on any atom is 0.0215 e. The minimum absolute atomic E-state index is 0.234. The molecule has 0 fully saturated rings. The van der Waals surface area contributed by atoms with Crippen molar-refractivity contribution in [2.75, 3.05) is 0 Å². The Morgan fingerprint density at radius 3 is 1.32 bits per heavy atom. The number of benzene rings is 4. The Hall–Kier alpha value is -3.12. The van der Waals surface area contributed by atoms with Gasteiger partial charge in [0.1, 0.15) is 0 Å². The minimum atomic E-state index is 0.234. The molecule has 270 valence electrons. The molecule has 0 bridgehead atoms. The topological polar surface area (TPSA) is 0 Å². The Bertz CT molecular complexity index is 1510. The lowest BCUT2D eigenvalue weighted by Gasteiger charge is -2.33. The van der Waals surface area contributed by atoms with Gasteiger partial charge in [-0.3, -0.25) is 0 Å². The second-order valence-corrected chi connectivity index (χ2v) is 15.8. The Morgan fingerprint density at radius 1 is 0.420 bits per heavy atom. The van der Waals surface area contributed by atoms with Crippen molar-refractivity contribution >= 4 is 0 Å². The summed E-state index contributed by atoms with van der Waals surface area (Å²) >= 11 is 0. The van der Waals surface area contributed by atoms with Crippen LogP contribution in [0.3, 0.4) is 0 Å². The second-order valence-electron chi connectivity index (χ2n) is 15.8. The quantitative estimate of drug-likeness (QED) is 0.0924. The molecule has 0 N–H and O–H groups in total. The van der Waals surface area contributed by atoms with Crippen molar-refractivity contribution in [2.24, 2.45) is 0 Å². The fourth-order valence-electron chi connectivity index (χ4n) is 8.25. The van der Waals surface area contributed by atoms with Gasteiger partial charge < -0.3 is 0 Å². The van der Waals surface area contributed by atoms with Crippen molar-refractivity contribution in [3.63, 3.8) is 0 Å². The van der Waals surface area contributed by atoms with E-state index in [1.165, 1.54) is 165 Å². The third-order valence-corrected chi connectivity index (χ3v) is 11.6.